The molecule has 0 saturated heterocycles. The second kappa shape index (κ2) is 3.97. The molecule has 0 aliphatic carbocycles. The molecule has 0 spiro atoms. The summed E-state index contributed by atoms with van der Waals surface area (Å²) in [6.45, 7) is 21.0. The maximum absolute atomic E-state index is 3.88. The van der Waals surface area contributed by atoms with Gasteiger partial charge in [-0.3, -0.25) is 0 Å². The Morgan fingerprint density at radius 3 is 1.00 bits per heavy atom. The fourth-order valence-corrected chi connectivity index (χ4v) is 6.50. The van der Waals surface area contributed by atoms with Gasteiger partial charge in [0.2, 0.25) is 0 Å². The van der Waals surface area contributed by atoms with E-state index in [4.69, 9.17) is 0 Å². The van der Waals surface area contributed by atoms with Gasteiger partial charge in [-0.2, -0.15) is 0 Å². The maximum Gasteiger partial charge on any atom is 0.120 e. The molecule has 0 aromatic carbocycles. The van der Waals surface area contributed by atoms with Gasteiger partial charge in [-0.1, -0.05) is 41.5 Å². The van der Waals surface area contributed by atoms with E-state index in [2.05, 4.69) is 67.3 Å². The highest BCUT2D eigenvalue weighted by molar-refractivity contribution is 6.62. The fourth-order valence-electron chi connectivity index (χ4n) is 2.17. The third kappa shape index (κ3) is 5.16. The molecule has 1 N–H and O–H groups in total. The van der Waals surface area contributed by atoms with E-state index in [0.717, 1.165) is 0 Å². The zero-order valence-corrected chi connectivity index (χ0v) is 12.7. The summed E-state index contributed by atoms with van der Waals surface area (Å²) in [6.07, 6.45) is 0. The molecule has 0 atom stereocenters. The minimum Gasteiger partial charge on any atom is -0.334 e. The molecule has 0 fully saturated rings. The van der Waals surface area contributed by atoms with Crippen molar-refractivity contribution in [2.45, 2.75) is 77.9 Å². The first kappa shape index (κ1) is 14.2. The summed E-state index contributed by atoms with van der Waals surface area (Å²) in [4.78, 5) is 3.88. The number of rotatable bonds is 1. The summed E-state index contributed by atoms with van der Waals surface area (Å²) in [5.74, 6) is 0. The summed E-state index contributed by atoms with van der Waals surface area (Å²) in [5.41, 5.74) is 0.247. The minimum absolute atomic E-state index is 0.247. The fraction of sp³-hybridized carbons (Fsp3) is 1.00. The first-order chi connectivity index (χ1) is 5.84. The monoisotopic (exact) mass is 215 g/mol. The molecule has 0 radical (unpaired) electrons. The number of hydrogen-bond donors (Lipinski definition) is 1. The Hall–Kier alpha value is 0.177. The molecule has 0 heterocycles. The molecule has 1 nitrogen and oxygen atoms in total. The maximum atomic E-state index is 3.88. The Morgan fingerprint density at radius 2 is 0.929 bits per heavy atom. The molecule has 14 heavy (non-hydrogen) atoms. The summed E-state index contributed by atoms with van der Waals surface area (Å²) in [6, 6.07) is 0. The van der Waals surface area contributed by atoms with Crippen LogP contribution in [0, 0.1) is 0 Å². The molecule has 0 aliphatic rings. The first-order valence-corrected chi connectivity index (χ1v) is 7.35. The van der Waals surface area contributed by atoms with Gasteiger partial charge in [-0.05, 0) is 30.8 Å². The average molecular weight is 215 g/mol. The third-order valence-corrected chi connectivity index (χ3v) is 6.93. The molecule has 86 valence electrons. The van der Waals surface area contributed by atoms with Crippen LogP contribution in [-0.4, -0.2) is 14.5 Å². The van der Waals surface area contributed by atoms with Crippen LogP contribution in [0.25, 0.3) is 0 Å². The SMILES string of the molecule is CC(C)(C)N[SiH](C(C)(C)C)C(C)(C)C. The van der Waals surface area contributed by atoms with Gasteiger partial charge in [0.05, 0.1) is 0 Å². The standard InChI is InChI=1S/C12H29NSi/c1-10(2,3)13-14(11(4,5)6)12(7,8)9/h13-14H,1-9H3. The van der Waals surface area contributed by atoms with Crippen LogP contribution in [-0.2, 0) is 0 Å². The molecule has 0 saturated carbocycles. The molecule has 0 unspecified atom stereocenters. The Bertz CT molecular complexity index is 164. The van der Waals surface area contributed by atoms with Crippen molar-refractivity contribution in [1.29, 1.82) is 0 Å². The normalized spacial score (nSPS) is 15.0. The zero-order valence-electron chi connectivity index (χ0n) is 11.6. The minimum atomic E-state index is -0.985. The smallest absolute Gasteiger partial charge is 0.120 e. The van der Waals surface area contributed by atoms with E-state index >= 15 is 0 Å². The van der Waals surface area contributed by atoms with Crippen LogP contribution in [0.1, 0.15) is 62.3 Å². The largest absolute Gasteiger partial charge is 0.334 e. The lowest BCUT2D eigenvalue weighted by Gasteiger charge is -2.43. The van der Waals surface area contributed by atoms with Crippen molar-refractivity contribution in [3.8, 4) is 0 Å². The van der Waals surface area contributed by atoms with Crippen molar-refractivity contribution in [2.24, 2.45) is 0 Å². The highest BCUT2D eigenvalue weighted by Crippen LogP contribution is 2.40. The highest BCUT2D eigenvalue weighted by Gasteiger charge is 2.38. The van der Waals surface area contributed by atoms with E-state index in [1.165, 1.54) is 0 Å². The Morgan fingerprint density at radius 1 is 0.643 bits per heavy atom. The van der Waals surface area contributed by atoms with Gasteiger partial charge in [-0.15, -0.1) is 0 Å². The van der Waals surface area contributed by atoms with E-state index < -0.39 is 8.96 Å². The van der Waals surface area contributed by atoms with Gasteiger partial charge in [0.1, 0.15) is 8.96 Å². The van der Waals surface area contributed by atoms with Gasteiger partial charge < -0.3 is 4.98 Å². The topological polar surface area (TPSA) is 12.0 Å². The first-order valence-electron chi connectivity index (χ1n) is 5.62. The lowest BCUT2D eigenvalue weighted by molar-refractivity contribution is 0.481. The molecular formula is C12H29NSi. The summed E-state index contributed by atoms with van der Waals surface area (Å²) in [7, 11) is -0.985. The van der Waals surface area contributed by atoms with Gasteiger partial charge >= 0.3 is 0 Å². The quantitative estimate of drug-likeness (QED) is 0.658. The van der Waals surface area contributed by atoms with Crippen molar-refractivity contribution in [3.63, 3.8) is 0 Å². The van der Waals surface area contributed by atoms with Gasteiger partial charge in [0.15, 0.2) is 0 Å². The van der Waals surface area contributed by atoms with Crippen LogP contribution in [0.5, 0.6) is 0 Å². The van der Waals surface area contributed by atoms with Crippen LogP contribution < -0.4 is 4.98 Å². The van der Waals surface area contributed by atoms with Crippen LogP contribution in [0.15, 0.2) is 0 Å². The van der Waals surface area contributed by atoms with Crippen LogP contribution in [0.3, 0.4) is 0 Å². The van der Waals surface area contributed by atoms with Crippen LogP contribution in [0.4, 0.5) is 0 Å². The van der Waals surface area contributed by atoms with Crippen LogP contribution in [0.2, 0.25) is 10.1 Å². The third-order valence-electron chi connectivity index (χ3n) is 2.31. The predicted octanol–water partition coefficient (Wildman–Crippen LogP) is 3.70. The van der Waals surface area contributed by atoms with Crippen molar-refractivity contribution >= 4 is 8.96 Å². The summed E-state index contributed by atoms with van der Waals surface area (Å²) < 4.78 is 0. The van der Waals surface area contributed by atoms with Gasteiger partial charge in [0, 0.05) is 5.54 Å². The van der Waals surface area contributed by atoms with E-state index in [0.29, 0.717) is 10.1 Å². The van der Waals surface area contributed by atoms with Crippen LogP contribution >= 0.6 is 0 Å². The molecule has 2 heteroatoms. The van der Waals surface area contributed by atoms with E-state index in [-0.39, 0.29) is 5.54 Å². The lowest BCUT2D eigenvalue weighted by Crippen LogP contribution is -2.55. The Balaban J connectivity index is 4.78. The van der Waals surface area contributed by atoms with E-state index in [1.54, 1.807) is 0 Å². The van der Waals surface area contributed by atoms with E-state index in [9.17, 15) is 0 Å². The molecule has 0 aromatic rings. The number of nitrogens with one attached hydrogen (secondary N) is 1. The molecular weight excluding hydrogens is 186 g/mol. The molecule has 0 bridgehead atoms. The van der Waals surface area contributed by atoms with Gasteiger partial charge in [-0.25, -0.2) is 0 Å². The summed E-state index contributed by atoms with van der Waals surface area (Å²) >= 11 is 0. The predicted molar refractivity (Wildman–Crippen MR) is 69.5 cm³/mol. The van der Waals surface area contributed by atoms with E-state index in [1.807, 2.05) is 0 Å². The van der Waals surface area contributed by atoms with Crippen molar-refractivity contribution in [2.75, 3.05) is 0 Å². The molecule has 0 aliphatic heterocycles. The molecule has 0 amide bonds. The second-order valence-electron chi connectivity index (χ2n) is 7.56. The Kier molecular flexibility index (Phi) is 4.02. The molecule has 0 rings (SSSR count). The second-order valence-corrected chi connectivity index (χ2v) is 12.2. The Labute approximate surface area is 92.4 Å². The highest BCUT2D eigenvalue weighted by atomic mass is 28.3. The van der Waals surface area contributed by atoms with Crippen molar-refractivity contribution < 1.29 is 0 Å². The lowest BCUT2D eigenvalue weighted by atomic mass is 10.1. The number of hydrogen-bond acceptors (Lipinski definition) is 1. The zero-order chi connectivity index (χ0) is 11.8. The average Bonchev–Trinajstić information content (AvgIpc) is 1.75. The van der Waals surface area contributed by atoms with Crippen molar-refractivity contribution in [3.05, 3.63) is 0 Å². The molecule has 0 aromatic heterocycles. The van der Waals surface area contributed by atoms with Crippen molar-refractivity contribution in [1.82, 2.24) is 4.98 Å². The van der Waals surface area contributed by atoms with Gasteiger partial charge in [0.25, 0.3) is 0 Å². The summed E-state index contributed by atoms with van der Waals surface area (Å²) in [5, 5.41) is 0.872.